The first kappa shape index (κ1) is 23.5. The lowest BCUT2D eigenvalue weighted by Gasteiger charge is -2.22. The summed E-state index contributed by atoms with van der Waals surface area (Å²) in [5.41, 5.74) is 1.72. The van der Waals surface area contributed by atoms with Gasteiger partial charge in [0.05, 0.1) is 11.4 Å². The summed E-state index contributed by atoms with van der Waals surface area (Å²) in [6, 6.07) is 23.1. The number of amides is 1. The topological polar surface area (TPSA) is 66.5 Å². The van der Waals surface area contributed by atoms with Gasteiger partial charge in [-0.3, -0.25) is 4.79 Å². The van der Waals surface area contributed by atoms with Gasteiger partial charge in [0, 0.05) is 22.6 Å². The van der Waals surface area contributed by atoms with Crippen LogP contribution in [-0.2, 0) is 27.8 Å². The zero-order valence-corrected chi connectivity index (χ0v) is 19.8. The van der Waals surface area contributed by atoms with Gasteiger partial charge in [-0.1, -0.05) is 76.1 Å². The summed E-state index contributed by atoms with van der Waals surface area (Å²) in [6.07, 6.45) is 0.663. The monoisotopic (exact) mass is 520 g/mol. The highest BCUT2D eigenvalue weighted by Gasteiger charge is 2.27. The van der Waals surface area contributed by atoms with Gasteiger partial charge in [-0.05, 0) is 47.9 Å². The molecule has 162 valence electrons. The summed E-state index contributed by atoms with van der Waals surface area (Å²) in [5.74, 6) is -0.372. The molecule has 3 rings (SSSR count). The maximum Gasteiger partial charge on any atom is 0.243 e. The lowest BCUT2D eigenvalue weighted by molar-refractivity contribution is -0.121. The van der Waals surface area contributed by atoms with Crippen LogP contribution in [0.4, 0.5) is 0 Å². The predicted octanol–water partition coefficient (Wildman–Crippen LogP) is 4.65. The number of hydrogen-bond acceptors (Lipinski definition) is 3. The molecule has 3 aromatic carbocycles. The Morgan fingerprint density at radius 3 is 2.26 bits per heavy atom. The van der Waals surface area contributed by atoms with Gasteiger partial charge in [0.2, 0.25) is 15.9 Å². The smallest absolute Gasteiger partial charge is 0.243 e. The third-order valence-electron chi connectivity index (χ3n) is 4.65. The van der Waals surface area contributed by atoms with E-state index >= 15 is 0 Å². The first-order chi connectivity index (χ1) is 14.9. The zero-order valence-electron chi connectivity index (χ0n) is 16.7. The van der Waals surface area contributed by atoms with Crippen molar-refractivity contribution in [3.05, 3.63) is 99.5 Å². The molecule has 0 unspecified atom stereocenters. The van der Waals surface area contributed by atoms with Gasteiger partial charge in [-0.25, -0.2) is 8.42 Å². The summed E-state index contributed by atoms with van der Waals surface area (Å²) in [5, 5.41) is 3.26. The second-order valence-corrected chi connectivity index (χ2v) is 10.2. The standard InChI is InChI=1S/C23H22BrClN2O3S/c24-20-10-12-21(13-11-20)31(29,30)27(16-19-8-4-5-9-22(19)25)17-23(28)26-15-14-18-6-2-1-3-7-18/h1-13H,14-17H2,(H,26,28). The van der Waals surface area contributed by atoms with Crippen LogP contribution in [-0.4, -0.2) is 31.7 Å². The number of nitrogens with zero attached hydrogens (tertiary/aromatic N) is 1. The van der Waals surface area contributed by atoms with Crippen molar-refractivity contribution in [2.24, 2.45) is 0 Å². The highest BCUT2D eigenvalue weighted by atomic mass is 79.9. The Morgan fingerprint density at radius 2 is 1.58 bits per heavy atom. The average molecular weight is 522 g/mol. The van der Waals surface area contributed by atoms with Crippen LogP contribution in [0.15, 0.2) is 88.2 Å². The molecule has 0 radical (unpaired) electrons. The van der Waals surface area contributed by atoms with Crippen molar-refractivity contribution in [2.75, 3.05) is 13.1 Å². The molecular formula is C23H22BrClN2O3S. The Hall–Kier alpha value is -2.19. The van der Waals surface area contributed by atoms with E-state index in [1.165, 1.54) is 12.1 Å². The van der Waals surface area contributed by atoms with Crippen LogP contribution < -0.4 is 5.32 Å². The quantitative estimate of drug-likeness (QED) is 0.446. The average Bonchev–Trinajstić information content (AvgIpc) is 2.76. The van der Waals surface area contributed by atoms with Crippen LogP contribution in [0.3, 0.4) is 0 Å². The molecule has 0 saturated carbocycles. The third kappa shape index (κ3) is 6.64. The molecule has 1 amide bonds. The highest BCUT2D eigenvalue weighted by Crippen LogP contribution is 2.23. The minimum absolute atomic E-state index is 0.00975. The minimum atomic E-state index is -3.91. The molecular weight excluding hydrogens is 500 g/mol. The molecule has 0 atom stereocenters. The van der Waals surface area contributed by atoms with Crippen LogP contribution in [0, 0.1) is 0 Å². The molecule has 0 fully saturated rings. The summed E-state index contributed by atoms with van der Waals surface area (Å²) < 4.78 is 28.5. The van der Waals surface area contributed by atoms with Crippen molar-refractivity contribution < 1.29 is 13.2 Å². The van der Waals surface area contributed by atoms with E-state index in [0.29, 0.717) is 23.6 Å². The van der Waals surface area contributed by atoms with Crippen LogP contribution in [0.5, 0.6) is 0 Å². The van der Waals surface area contributed by atoms with Gasteiger partial charge in [-0.15, -0.1) is 0 Å². The Labute approximate surface area is 196 Å². The molecule has 0 heterocycles. The number of nitrogens with one attached hydrogen (secondary N) is 1. The van der Waals surface area contributed by atoms with E-state index < -0.39 is 10.0 Å². The van der Waals surface area contributed by atoms with Gasteiger partial charge in [0.25, 0.3) is 0 Å². The first-order valence-electron chi connectivity index (χ1n) is 9.66. The predicted molar refractivity (Wildman–Crippen MR) is 126 cm³/mol. The number of halogens is 2. The Bertz CT molecular complexity index is 1120. The second-order valence-electron chi connectivity index (χ2n) is 6.90. The van der Waals surface area contributed by atoms with Crippen molar-refractivity contribution in [1.29, 1.82) is 0 Å². The molecule has 0 spiro atoms. The van der Waals surface area contributed by atoms with Gasteiger partial charge in [-0.2, -0.15) is 4.31 Å². The van der Waals surface area contributed by atoms with Crippen LogP contribution in [0.2, 0.25) is 5.02 Å². The summed E-state index contributed by atoms with van der Waals surface area (Å²) in [7, 11) is -3.91. The molecule has 0 aliphatic heterocycles. The summed E-state index contributed by atoms with van der Waals surface area (Å²) in [6.45, 7) is 0.101. The Kier molecular flexibility index (Phi) is 8.26. The van der Waals surface area contributed by atoms with Crippen LogP contribution in [0.1, 0.15) is 11.1 Å². The van der Waals surface area contributed by atoms with Gasteiger partial charge < -0.3 is 5.32 Å². The van der Waals surface area contributed by atoms with Crippen LogP contribution in [0.25, 0.3) is 0 Å². The van der Waals surface area contributed by atoms with E-state index in [1.54, 1.807) is 36.4 Å². The van der Waals surface area contributed by atoms with E-state index in [4.69, 9.17) is 11.6 Å². The molecule has 1 N–H and O–H groups in total. The first-order valence-corrected chi connectivity index (χ1v) is 12.3. The molecule has 31 heavy (non-hydrogen) atoms. The van der Waals surface area contributed by atoms with Crippen molar-refractivity contribution in [3.8, 4) is 0 Å². The number of rotatable bonds is 9. The van der Waals surface area contributed by atoms with E-state index in [2.05, 4.69) is 21.2 Å². The second kappa shape index (κ2) is 10.9. The molecule has 0 aliphatic rings. The molecule has 0 saturated heterocycles. The molecule has 5 nitrogen and oxygen atoms in total. The SMILES string of the molecule is O=C(CN(Cc1ccccc1Cl)S(=O)(=O)c1ccc(Br)cc1)NCCc1ccccc1. The lowest BCUT2D eigenvalue weighted by Crippen LogP contribution is -2.40. The fourth-order valence-electron chi connectivity index (χ4n) is 3.01. The molecule has 0 aromatic heterocycles. The Balaban J connectivity index is 1.76. The van der Waals surface area contributed by atoms with E-state index in [-0.39, 0.29) is 23.9 Å². The fourth-order valence-corrected chi connectivity index (χ4v) is 4.84. The highest BCUT2D eigenvalue weighted by molar-refractivity contribution is 9.10. The molecule has 3 aromatic rings. The number of hydrogen-bond donors (Lipinski definition) is 1. The maximum absolute atomic E-state index is 13.3. The Morgan fingerprint density at radius 1 is 0.935 bits per heavy atom. The van der Waals surface area contributed by atoms with Gasteiger partial charge >= 0.3 is 0 Å². The van der Waals surface area contributed by atoms with Crippen molar-refractivity contribution >= 4 is 43.5 Å². The largest absolute Gasteiger partial charge is 0.355 e. The van der Waals surface area contributed by atoms with E-state index in [9.17, 15) is 13.2 Å². The molecule has 8 heteroatoms. The van der Waals surface area contributed by atoms with E-state index in [1.807, 2.05) is 30.3 Å². The van der Waals surface area contributed by atoms with Gasteiger partial charge in [0.15, 0.2) is 0 Å². The number of benzene rings is 3. The molecule has 0 bridgehead atoms. The summed E-state index contributed by atoms with van der Waals surface area (Å²) in [4.78, 5) is 12.7. The third-order valence-corrected chi connectivity index (χ3v) is 7.36. The molecule has 0 aliphatic carbocycles. The maximum atomic E-state index is 13.3. The van der Waals surface area contributed by atoms with E-state index in [0.717, 1.165) is 14.3 Å². The summed E-state index contributed by atoms with van der Waals surface area (Å²) >= 11 is 9.56. The van der Waals surface area contributed by atoms with Crippen molar-refractivity contribution in [1.82, 2.24) is 9.62 Å². The van der Waals surface area contributed by atoms with Crippen molar-refractivity contribution in [2.45, 2.75) is 17.9 Å². The number of carbonyl (C=O) groups is 1. The zero-order chi connectivity index (χ0) is 22.3. The lowest BCUT2D eigenvalue weighted by atomic mass is 10.1. The van der Waals surface area contributed by atoms with Crippen LogP contribution >= 0.6 is 27.5 Å². The number of carbonyl (C=O) groups excluding carboxylic acids is 1. The number of sulfonamides is 1. The normalized spacial score (nSPS) is 11.5. The fraction of sp³-hybridized carbons (Fsp3) is 0.174. The van der Waals surface area contributed by atoms with Gasteiger partial charge in [0.1, 0.15) is 0 Å². The van der Waals surface area contributed by atoms with Crippen molar-refractivity contribution in [3.63, 3.8) is 0 Å². The minimum Gasteiger partial charge on any atom is -0.355 e.